The highest BCUT2D eigenvalue weighted by Crippen LogP contribution is 2.14. The molecule has 0 fully saturated rings. The van der Waals surface area contributed by atoms with Crippen molar-refractivity contribution in [1.82, 2.24) is 5.32 Å². The van der Waals surface area contributed by atoms with E-state index in [2.05, 4.69) is 10.6 Å². The molecule has 6 heteroatoms. The molecule has 2 aromatic carbocycles. The Kier molecular flexibility index (Phi) is 6.98. The summed E-state index contributed by atoms with van der Waals surface area (Å²) in [5.41, 5.74) is 2.07. The third kappa shape index (κ3) is 5.89. The minimum Gasteiger partial charge on any atom is -0.480 e. The van der Waals surface area contributed by atoms with Gasteiger partial charge in [-0.05, 0) is 48.4 Å². The minimum absolute atomic E-state index is 0.226. The molecule has 1 atom stereocenters. The van der Waals surface area contributed by atoms with Crippen molar-refractivity contribution in [3.8, 4) is 0 Å². The van der Waals surface area contributed by atoms with Crippen LogP contribution in [0.25, 0.3) is 0 Å². The van der Waals surface area contributed by atoms with Crippen LogP contribution in [0, 0.1) is 0 Å². The van der Waals surface area contributed by atoms with Crippen LogP contribution in [0.2, 0.25) is 5.02 Å². The number of hydrogen-bond acceptors (Lipinski definition) is 3. The van der Waals surface area contributed by atoms with Crippen molar-refractivity contribution < 1.29 is 14.7 Å². The summed E-state index contributed by atoms with van der Waals surface area (Å²) in [5.74, 6) is -1.08. The van der Waals surface area contributed by atoms with E-state index in [-0.39, 0.29) is 5.91 Å². The number of carbonyl (C=O) groups is 2. The van der Waals surface area contributed by atoms with Crippen molar-refractivity contribution >= 4 is 29.2 Å². The van der Waals surface area contributed by atoms with Crippen LogP contribution in [0.15, 0.2) is 48.5 Å². The second-order valence-electron chi connectivity index (χ2n) is 5.72. The van der Waals surface area contributed by atoms with Gasteiger partial charge in [-0.1, -0.05) is 37.1 Å². The molecule has 2 rings (SSSR count). The zero-order valence-electron chi connectivity index (χ0n) is 14.0. The highest BCUT2D eigenvalue weighted by atomic mass is 35.5. The summed E-state index contributed by atoms with van der Waals surface area (Å²) in [6.45, 7) is 2.37. The molecule has 0 aliphatic heterocycles. The number of carboxylic acids is 1. The highest BCUT2D eigenvalue weighted by Gasteiger charge is 2.15. The van der Waals surface area contributed by atoms with Gasteiger partial charge in [0.1, 0.15) is 6.04 Å². The van der Waals surface area contributed by atoms with Crippen molar-refractivity contribution in [2.75, 3.05) is 5.32 Å². The lowest BCUT2D eigenvalue weighted by Crippen LogP contribution is -2.36. The first kappa shape index (κ1) is 19.0. The number of benzene rings is 2. The van der Waals surface area contributed by atoms with E-state index in [1.54, 1.807) is 30.3 Å². The Morgan fingerprint density at radius 1 is 1.16 bits per heavy atom. The Bertz CT molecular complexity index is 732. The van der Waals surface area contributed by atoms with Crippen molar-refractivity contribution in [2.24, 2.45) is 0 Å². The number of rotatable bonds is 8. The van der Waals surface area contributed by atoms with Crippen LogP contribution in [-0.2, 0) is 11.3 Å². The van der Waals surface area contributed by atoms with Crippen LogP contribution in [0.3, 0.4) is 0 Å². The van der Waals surface area contributed by atoms with Crippen molar-refractivity contribution in [3.63, 3.8) is 0 Å². The standard InChI is InChI=1S/C19H21ClN2O3/c1-2-4-17(19(24)25)21-12-13-5-3-6-16(11-13)22-18(23)14-7-9-15(20)10-8-14/h3,5-11,17,21H,2,4,12H2,1H3,(H,22,23)(H,24,25). The molecule has 2 aromatic rings. The number of hydrogen-bond donors (Lipinski definition) is 3. The second-order valence-corrected chi connectivity index (χ2v) is 6.16. The molecule has 0 spiro atoms. The monoisotopic (exact) mass is 360 g/mol. The molecule has 0 bridgehead atoms. The molecule has 0 heterocycles. The number of anilines is 1. The van der Waals surface area contributed by atoms with Gasteiger partial charge < -0.3 is 15.7 Å². The van der Waals surface area contributed by atoms with E-state index < -0.39 is 12.0 Å². The Labute approximate surface area is 152 Å². The van der Waals surface area contributed by atoms with Crippen LogP contribution >= 0.6 is 11.6 Å². The van der Waals surface area contributed by atoms with Crippen LogP contribution < -0.4 is 10.6 Å². The lowest BCUT2D eigenvalue weighted by molar-refractivity contribution is -0.139. The van der Waals surface area contributed by atoms with Gasteiger partial charge in [-0.2, -0.15) is 0 Å². The summed E-state index contributed by atoms with van der Waals surface area (Å²) in [7, 11) is 0. The van der Waals surface area contributed by atoms with E-state index in [1.807, 2.05) is 25.1 Å². The number of carbonyl (C=O) groups excluding carboxylic acids is 1. The predicted molar refractivity (Wildman–Crippen MR) is 99.0 cm³/mol. The molecule has 5 nitrogen and oxygen atoms in total. The molecule has 0 saturated heterocycles. The zero-order valence-corrected chi connectivity index (χ0v) is 14.7. The molecular weight excluding hydrogens is 340 g/mol. The fraction of sp³-hybridized carbons (Fsp3) is 0.263. The van der Waals surface area contributed by atoms with Crippen LogP contribution in [0.5, 0.6) is 0 Å². The number of halogens is 1. The number of nitrogens with one attached hydrogen (secondary N) is 2. The molecule has 25 heavy (non-hydrogen) atoms. The molecule has 0 aliphatic rings. The van der Waals surface area contributed by atoms with Gasteiger partial charge in [0.25, 0.3) is 5.91 Å². The van der Waals surface area contributed by atoms with E-state index in [0.717, 1.165) is 12.0 Å². The molecule has 0 radical (unpaired) electrons. The highest BCUT2D eigenvalue weighted by molar-refractivity contribution is 6.30. The topological polar surface area (TPSA) is 78.4 Å². The predicted octanol–water partition coefficient (Wildman–Crippen LogP) is 3.94. The van der Waals surface area contributed by atoms with E-state index in [4.69, 9.17) is 11.6 Å². The van der Waals surface area contributed by atoms with Gasteiger partial charge in [0, 0.05) is 22.8 Å². The van der Waals surface area contributed by atoms with Crippen LogP contribution in [0.1, 0.15) is 35.7 Å². The van der Waals surface area contributed by atoms with Gasteiger partial charge in [-0.15, -0.1) is 0 Å². The Balaban J connectivity index is 1.99. The molecule has 0 aromatic heterocycles. The van der Waals surface area contributed by atoms with Gasteiger partial charge in [0.2, 0.25) is 0 Å². The third-order valence-corrected chi connectivity index (χ3v) is 3.97. The van der Waals surface area contributed by atoms with Gasteiger partial charge in [0.05, 0.1) is 0 Å². The van der Waals surface area contributed by atoms with Gasteiger partial charge in [-0.25, -0.2) is 0 Å². The molecule has 1 amide bonds. The normalized spacial score (nSPS) is 11.8. The first-order valence-electron chi connectivity index (χ1n) is 8.11. The first-order chi connectivity index (χ1) is 12.0. The van der Waals surface area contributed by atoms with Gasteiger partial charge >= 0.3 is 5.97 Å². The molecule has 1 unspecified atom stereocenters. The largest absolute Gasteiger partial charge is 0.480 e. The Hall–Kier alpha value is -2.37. The minimum atomic E-state index is -0.853. The maximum atomic E-state index is 12.2. The van der Waals surface area contributed by atoms with Crippen molar-refractivity contribution in [2.45, 2.75) is 32.4 Å². The average Bonchev–Trinajstić information content (AvgIpc) is 2.59. The van der Waals surface area contributed by atoms with Gasteiger partial charge in [0.15, 0.2) is 0 Å². The molecular formula is C19H21ClN2O3. The lowest BCUT2D eigenvalue weighted by atomic mass is 10.1. The smallest absolute Gasteiger partial charge is 0.320 e. The molecule has 0 saturated carbocycles. The fourth-order valence-electron chi connectivity index (χ4n) is 2.41. The molecule has 0 aliphatic carbocycles. The maximum absolute atomic E-state index is 12.2. The Morgan fingerprint density at radius 3 is 2.52 bits per heavy atom. The summed E-state index contributed by atoms with van der Waals surface area (Å²) in [4.78, 5) is 23.4. The van der Waals surface area contributed by atoms with E-state index in [0.29, 0.717) is 29.2 Å². The summed E-state index contributed by atoms with van der Waals surface area (Å²) >= 11 is 5.82. The van der Waals surface area contributed by atoms with E-state index >= 15 is 0 Å². The zero-order chi connectivity index (χ0) is 18.2. The quantitative estimate of drug-likeness (QED) is 0.666. The number of carboxylic acid groups (broad SMARTS) is 1. The average molecular weight is 361 g/mol. The third-order valence-electron chi connectivity index (χ3n) is 3.72. The summed E-state index contributed by atoms with van der Waals surface area (Å²) in [6, 6.07) is 13.4. The summed E-state index contributed by atoms with van der Waals surface area (Å²) in [5, 5.41) is 15.6. The van der Waals surface area contributed by atoms with E-state index in [9.17, 15) is 14.7 Å². The number of amides is 1. The van der Waals surface area contributed by atoms with Crippen molar-refractivity contribution in [1.29, 1.82) is 0 Å². The van der Waals surface area contributed by atoms with Gasteiger partial charge in [-0.3, -0.25) is 9.59 Å². The maximum Gasteiger partial charge on any atom is 0.320 e. The molecule has 3 N–H and O–H groups in total. The summed E-state index contributed by atoms with van der Waals surface area (Å²) < 4.78 is 0. The Morgan fingerprint density at radius 2 is 1.88 bits per heavy atom. The van der Waals surface area contributed by atoms with Crippen molar-refractivity contribution in [3.05, 3.63) is 64.7 Å². The second kappa shape index (κ2) is 9.20. The SMILES string of the molecule is CCCC(NCc1cccc(NC(=O)c2ccc(Cl)cc2)c1)C(=O)O. The van der Waals surface area contributed by atoms with Crippen LogP contribution in [0.4, 0.5) is 5.69 Å². The number of aliphatic carboxylic acids is 1. The van der Waals surface area contributed by atoms with Crippen LogP contribution in [-0.4, -0.2) is 23.0 Å². The lowest BCUT2D eigenvalue weighted by Gasteiger charge is -2.14. The van der Waals surface area contributed by atoms with E-state index in [1.165, 1.54) is 0 Å². The molecule has 132 valence electrons. The fourth-order valence-corrected chi connectivity index (χ4v) is 2.53. The first-order valence-corrected chi connectivity index (χ1v) is 8.49. The summed E-state index contributed by atoms with van der Waals surface area (Å²) in [6.07, 6.45) is 1.36.